The highest BCUT2D eigenvalue weighted by molar-refractivity contribution is 6.31. The Kier molecular flexibility index (Phi) is 5.46. The molecule has 4 aromatic rings. The van der Waals surface area contributed by atoms with Crippen LogP contribution >= 0.6 is 23.2 Å². The number of hydrogen-bond donors (Lipinski definition) is 1. The van der Waals surface area contributed by atoms with Crippen LogP contribution in [0.15, 0.2) is 77.6 Å². The highest BCUT2D eigenvalue weighted by Gasteiger charge is 2.15. The minimum Gasteiger partial charge on any atom is -0.311 e. The summed E-state index contributed by atoms with van der Waals surface area (Å²) in [6.07, 6.45) is 0. The highest BCUT2D eigenvalue weighted by Crippen LogP contribution is 2.32. The van der Waals surface area contributed by atoms with Crippen molar-refractivity contribution in [3.8, 4) is 11.1 Å². The Morgan fingerprint density at radius 3 is 2.28 bits per heavy atom. The van der Waals surface area contributed by atoms with Crippen molar-refractivity contribution in [2.45, 2.75) is 6.04 Å². The number of benzene rings is 3. The summed E-state index contributed by atoms with van der Waals surface area (Å²) in [7, 11) is 3.73. The van der Waals surface area contributed by atoms with Gasteiger partial charge in [0.05, 0.1) is 11.6 Å². The van der Waals surface area contributed by atoms with Gasteiger partial charge in [0, 0.05) is 28.5 Å². The van der Waals surface area contributed by atoms with Gasteiger partial charge in [-0.2, -0.15) is 0 Å². The second kappa shape index (κ2) is 8.03. The zero-order chi connectivity index (χ0) is 20.5. The lowest BCUT2D eigenvalue weighted by Gasteiger charge is -2.19. The number of aromatic nitrogens is 1. The molecule has 0 unspecified atom stereocenters. The summed E-state index contributed by atoms with van der Waals surface area (Å²) in [6, 6.07) is 23.3. The lowest BCUT2D eigenvalue weighted by Crippen LogP contribution is -2.19. The molecule has 0 aliphatic carbocycles. The van der Waals surface area contributed by atoms with Crippen molar-refractivity contribution < 1.29 is 0 Å². The van der Waals surface area contributed by atoms with Crippen molar-refractivity contribution in [2.75, 3.05) is 7.05 Å². The zero-order valence-electron chi connectivity index (χ0n) is 16.1. The minimum atomic E-state index is -0.0527. The third-order valence-electron chi connectivity index (χ3n) is 5.23. The van der Waals surface area contributed by atoms with Crippen LogP contribution in [0.1, 0.15) is 17.2 Å². The van der Waals surface area contributed by atoms with E-state index in [4.69, 9.17) is 23.2 Å². The van der Waals surface area contributed by atoms with Crippen molar-refractivity contribution in [3.05, 3.63) is 104 Å². The topological polar surface area (TPSA) is 34.0 Å². The predicted molar refractivity (Wildman–Crippen MR) is 122 cm³/mol. The van der Waals surface area contributed by atoms with E-state index < -0.39 is 0 Å². The first-order valence-corrected chi connectivity index (χ1v) is 10.1. The number of hydrogen-bond acceptors (Lipinski definition) is 2. The first kappa shape index (κ1) is 19.7. The molecular weight excluding hydrogens is 403 g/mol. The first-order chi connectivity index (χ1) is 14.0. The molecule has 29 heavy (non-hydrogen) atoms. The van der Waals surface area contributed by atoms with E-state index in [0.29, 0.717) is 10.0 Å². The predicted octanol–water partition coefficient (Wildman–Crippen LogP) is 5.82. The smallest absolute Gasteiger partial charge is 0.251 e. The molecule has 0 radical (unpaired) electrons. The summed E-state index contributed by atoms with van der Waals surface area (Å²) in [6.45, 7) is 0. The average molecular weight is 423 g/mol. The Balaban J connectivity index is 1.94. The van der Waals surface area contributed by atoms with Crippen LogP contribution in [0.3, 0.4) is 0 Å². The van der Waals surface area contributed by atoms with Crippen molar-refractivity contribution >= 4 is 34.1 Å². The van der Waals surface area contributed by atoms with Crippen molar-refractivity contribution in [1.29, 1.82) is 0 Å². The molecule has 3 nitrogen and oxygen atoms in total. The molecule has 0 bridgehead atoms. The number of halogens is 2. The van der Waals surface area contributed by atoms with Crippen LogP contribution < -0.4 is 10.9 Å². The van der Waals surface area contributed by atoms with Crippen molar-refractivity contribution in [1.82, 2.24) is 9.88 Å². The molecule has 1 N–H and O–H groups in total. The molecular formula is C24H20Cl2N2O. The number of fused-ring (bicyclic) bond motifs is 1. The molecule has 0 amide bonds. The summed E-state index contributed by atoms with van der Waals surface area (Å²) < 4.78 is 1.67. The maximum absolute atomic E-state index is 12.5. The summed E-state index contributed by atoms with van der Waals surface area (Å²) in [5.41, 5.74) is 4.84. The molecule has 0 spiro atoms. The SMILES string of the molecule is CN[C@H](c1ccc(Cl)cc1)c1ccc2c(c1)c(-c1cccc(Cl)c1)cc(=O)n2C. The molecule has 4 rings (SSSR count). The van der Waals surface area contributed by atoms with E-state index in [1.54, 1.807) is 17.7 Å². The minimum absolute atomic E-state index is 0.00103. The van der Waals surface area contributed by atoms with E-state index in [1.807, 2.05) is 61.6 Å². The van der Waals surface area contributed by atoms with Crippen LogP contribution in [0.5, 0.6) is 0 Å². The van der Waals surface area contributed by atoms with E-state index in [9.17, 15) is 4.79 Å². The molecule has 0 aliphatic heterocycles. The number of pyridine rings is 1. The van der Waals surface area contributed by atoms with Crippen molar-refractivity contribution in [2.24, 2.45) is 7.05 Å². The maximum Gasteiger partial charge on any atom is 0.251 e. The van der Waals surface area contributed by atoms with Gasteiger partial charge in [0.2, 0.25) is 0 Å². The van der Waals surface area contributed by atoms with Crippen LogP contribution in [0, 0.1) is 0 Å². The normalized spacial score (nSPS) is 12.3. The summed E-state index contributed by atoms with van der Waals surface area (Å²) in [5, 5.41) is 5.73. The molecule has 146 valence electrons. The van der Waals surface area contributed by atoms with Gasteiger partial charge in [-0.05, 0) is 65.7 Å². The summed E-state index contributed by atoms with van der Waals surface area (Å²) in [4.78, 5) is 12.5. The number of rotatable bonds is 4. The highest BCUT2D eigenvalue weighted by atomic mass is 35.5. The standard InChI is InChI=1S/C24H20Cl2N2O/c1-27-24(15-6-9-18(25)10-7-15)17-8-11-22-21(13-17)20(14-23(29)28(22)2)16-4-3-5-19(26)12-16/h3-14,24,27H,1-2H3/t24-/m1/s1. The fourth-order valence-corrected chi connectivity index (χ4v) is 4.05. The zero-order valence-corrected chi connectivity index (χ0v) is 17.6. The second-order valence-electron chi connectivity index (χ2n) is 7.02. The molecule has 0 fully saturated rings. The van der Waals surface area contributed by atoms with Gasteiger partial charge in [-0.1, -0.05) is 53.5 Å². The van der Waals surface area contributed by atoms with Gasteiger partial charge in [-0.15, -0.1) is 0 Å². The third kappa shape index (κ3) is 3.82. The van der Waals surface area contributed by atoms with E-state index in [0.717, 1.165) is 33.2 Å². The van der Waals surface area contributed by atoms with E-state index >= 15 is 0 Å². The lowest BCUT2D eigenvalue weighted by atomic mass is 9.94. The Morgan fingerprint density at radius 2 is 1.59 bits per heavy atom. The summed E-state index contributed by atoms with van der Waals surface area (Å²) >= 11 is 12.3. The van der Waals surface area contributed by atoms with Gasteiger partial charge >= 0.3 is 0 Å². The van der Waals surface area contributed by atoms with Crippen LogP contribution in [0.25, 0.3) is 22.0 Å². The van der Waals surface area contributed by atoms with Crippen LogP contribution in [-0.2, 0) is 7.05 Å². The van der Waals surface area contributed by atoms with Gasteiger partial charge in [-0.25, -0.2) is 0 Å². The summed E-state index contributed by atoms with van der Waals surface area (Å²) in [5.74, 6) is 0. The van der Waals surface area contributed by atoms with Gasteiger partial charge in [0.15, 0.2) is 0 Å². The van der Waals surface area contributed by atoms with Crippen LogP contribution in [-0.4, -0.2) is 11.6 Å². The van der Waals surface area contributed by atoms with Gasteiger partial charge < -0.3 is 9.88 Å². The maximum atomic E-state index is 12.5. The molecule has 0 saturated heterocycles. The Bertz CT molecular complexity index is 1250. The fourth-order valence-electron chi connectivity index (χ4n) is 3.73. The van der Waals surface area contributed by atoms with E-state index in [2.05, 4.69) is 17.4 Å². The second-order valence-corrected chi connectivity index (χ2v) is 7.89. The largest absolute Gasteiger partial charge is 0.311 e. The van der Waals surface area contributed by atoms with Crippen LogP contribution in [0.2, 0.25) is 10.0 Å². The molecule has 1 heterocycles. The van der Waals surface area contributed by atoms with Gasteiger partial charge in [0.1, 0.15) is 0 Å². The molecule has 5 heteroatoms. The van der Waals surface area contributed by atoms with Gasteiger partial charge in [-0.3, -0.25) is 4.79 Å². The third-order valence-corrected chi connectivity index (χ3v) is 5.72. The monoisotopic (exact) mass is 422 g/mol. The molecule has 0 aliphatic rings. The Morgan fingerprint density at radius 1 is 0.862 bits per heavy atom. The molecule has 0 saturated carbocycles. The quantitative estimate of drug-likeness (QED) is 0.449. The first-order valence-electron chi connectivity index (χ1n) is 9.30. The molecule has 3 aromatic carbocycles. The van der Waals surface area contributed by atoms with Crippen molar-refractivity contribution in [3.63, 3.8) is 0 Å². The number of nitrogens with zero attached hydrogens (tertiary/aromatic N) is 1. The average Bonchev–Trinajstić information content (AvgIpc) is 2.72. The van der Waals surface area contributed by atoms with E-state index in [-0.39, 0.29) is 11.6 Å². The van der Waals surface area contributed by atoms with E-state index in [1.165, 1.54) is 0 Å². The number of aryl methyl sites for hydroxylation is 1. The lowest BCUT2D eigenvalue weighted by molar-refractivity contribution is 0.692. The Hall–Kier alpha value is -2.59. The Labute approximate surface area is 179 Å². The van der Waals surface area contributed by atoms with Crippen LogP contribution in [0.4, 0.5) is 0 Å². The molecule has 1 aromatic heterocycles. The fraction of sp³-hybridized carbons (Fsp3) is 0.125. The molecule has 1 atom stereocenters. The number of nitrogens with one attached hydrogen (secondary N) is 1. The van der Waals surface area contributed by atoms with Gasteiger partial charge in [0.25, 0.3) is 5.56 Å².